The molecule has 0 unspecified atom stereocenters. The zero-order valence-electron chi connectivity index (χ0n) is 5.55. The Balaban J connectivity index is 2.39. The first-order valence-corrected chi connectivity index (χ1v) is 3.48. The van der Waals surface area contributed by atoms with Crippen LogP contribution >= 0.6 is 0 Å². The van der Waals surface area contributed by atoms with E-state index in [1.807, 2.05) is 0 Å². The molecule has 0 atom stereocenters. The van der Waals surface area contributed by atoms with Crippen LogP contribution in [0.25, 0.3) is 0 Å². The molecule has 0 amide bonds. The van der Waals surface area contributed by atoms with Gasteiger partial charge in [-0.15, -0.1) is 0 Å². The van der Waals surface area contributed by atoms with Crippen molar-refractivity contribution in [3.63, 3.8) is 0 Å². The Morgan fingerprint density at radius 2 is 2.30 bits per heavy atom. The molecule has 1 heterocycles. The number of hydrogen-bond acceptors (Lipinski definition) is 1. The molecule has 0 aromatic carbocycles. The molecule has 0 radical (unpaired) electrons. The molecule has 1 saturated carbocycles. The zero-order chi connectivity index (χ0) is 6.97. The van der Waals surface area contributed by atoms with E-state index in [0.29, 0.717) is 11.6 Å². The van der Waals surface area contributed by atoms with Gasteiger partial charge in [0, 0.05) is 12.1 Å². The standard InChI is InChI=1S/C8H8FN/c9-7-2-1-5-10-8(7)6-3-4-6/h1-2,5-6H,3-4H2. The molecule has 1 aliphatic carbocycles. The maximum atomic E-state index is 12.8. The molecule has 1 aromatic heterocycles. The minimum Gasteiger partial charge on any atom is -0.258 e. The lowest BCUT2D eigenvalue weighted by Crippen LogP contribution is -1.89. The molecule has 0 N–H and O–H groups in total. The van der Waals surface area contributed by atoms with Crippen LogP contribution in [0.5, 0.6) is 0 Å². The predicted molar refractivity (Wildman–Crippen MR) is 36.2 cm³/mol. The summed E-state index contributed by atoms with van der Waals surface area (Å²) in [6.45, 7) is 0. The van der Waals surface area contributed by atoms with Gasteiger partial charge in [0.15, 0.2) is 0 Å². The van der Waals surface area contributed by atoms with E-state index in [9.17, 15) is 4.39 Å². The van der Waals surface area contributed by atoms with Gasteiger partial charge in [-0.2, -0.15) is 0 Å². The van der Waals surface area contributed by atoms with Crippen molar-refractivity contribution < 1.29 is 4.39 Å². The van der Waals surface area contributed by atoms with Gasteiger partial charge in [-0.1, -0.05) is 0 Å². The van der Waals surface area contributed by atoms with Gasteiger partial charge in [-0.05, 0) is 25.0 Å². The second-order valence-corrected chi connectivity index (χ2v) is 2.64. The second-order valence-electron chi connectivity index (χ2n) is 2.64. The van der Waals surface area contributed by atoms with Crippen molar-refractivity contribution in [2.45, 2.75) is 18.8 Å². The van der Waals surface area contributed by atoms with Crippen molar-refractivity contribution in [3.05, 3.63) is 29.8 Å². The maximum Gasteiger partial charge on any atom is 0.144 e. The average molecular weight is 137 g/mol. The quantitative estimate of drug-likeness (QED) is 0.577. The van der Waals surface area contributed by atoms with Crippen molar-refractivity contribution in [1.29, 1.82) is 0 Å². The van der Waals surface area contributed by atoms with E-state index in [-0.39, 0.29) is 5.82 Å². The molecule has 1 aromatic rings. The Morgan fingerprint density at radius 3 is 2.90 bits per heavy atom. The normalized spacial score (nSPS) is 17.3. The third-order valence-electron chi connectivity index (χ3n) is 1.75. The lowest BCUT2D eigenvalue weighted by molar-refractivity contribution is 0.600. The molecule has 10 heavy (non-hydrogen) atoms. The maximum absolute atomic E-state index is 12.8. The van der Waals surface area contributed by atoms with Crippen molar-refractivity contribution in [3.8, 4) is 0 Å². The summed E-state index contributed by atoms with van der Waals surface area (Å²) in [6.07, 6.45) is 3.86. The van der Waals surface area contributed by atoms with E-state index in [2.05, 4.69) is 4.98 Å². The van der Waals surface area contributed by atoms with Crippen LogP contribution in [0.1, 0.15) is 24.5 Å². The summed E-state index contributed by atoms with van der Waals surface area (Å²) in [6, 6.07) is 3.10. The zero-order valence-corrected chi connectivity index (χ0v) is 5.55. The molecule has 0 saturated heterocycles. The van der Waals surface area contributed by atoms with E-state index in [0.717, 1.165) is 12.8 Å². The smallest absolute Gasteiger partial charge is 0.144 e. The first kappa shape index (κ1) is 5.83. The molecular formula is C8H8FN. The largest absolute Gasteiger partial charge is 0.258 e. The van der Waals surface area contributed by atoms with Gasteiger partial charge in [0.2, 0.25) is 0 Å². The Hall–Kier alpha value is -0.920. The topological polar surface area (TPSA) is 12.9 Å². The summed E-state index contributed by atoms with van der Waals surface area (Å²) in [5.41, 5.74) is 0.655. The van der Waals surface area contributed by atoms with Crippen LogP contribution in [-0.4, -0.2) is 4.98 Å². The fraction of sp³-hybridized carbons (Fsp3) is 0.375. The minimum atomic E-state index is -0.148. The highest BCUT2D eigenvalue weighted by molar-refractivity contribution is 5.16. The number of halogens is 1. The summed E-state index contributed by atoms with van der Waals surface area (Å²) < 4.78 is 12.8. The third-order valence-corrected chi connectivity index (χ3v) is 1.75. The number of nitrogens with zero attached hydrogens (tertiary/aromatic N) is 1. The van der Waals surface area contributed by atoms with Crippen molar-refractivity contribution in [2.24, 2.45) is 0 Å². The van der Waals surface area contributed by atoms with Crippen molar-refractivity contribution in [2.75, 3.05) is 0 Å². The number of rotatable bonds is 1. The molecule has 2 rings (SSSR count). The molecule has 1 fully saturated rings. The molecule has 0 spiro atoms. The highest BCUT2D eigenvalue weighted by Gasteiger charge is 2.27. The van der Waals surface area contributed by atoms with Crippen LogP contribution in [0.15, 0.2) is 18.3 Å². The van der Waals surface area contributed by atoms with Gasteiger partial charge in [-0.3, -0.25) is 4.98 Å². The van der Waals surface area contributed by atoms with Crippen molar-refractivity contribution >= 4 is 0 Å². The Morgan fingerprint density at radius 1 is 1.50 bits per heavy atom. The van der Waals surface area contributed by atoms with Crippen LogP contribution in [0.3, 0.4) is 0 Å². The highest BCUT2D eigenvalue weighted by Crippen LogP contribution is 2.39. The van der Waals surface area contributed by atoms with Crippen LogP contribution in [-0.2, 0) is 0 Å². The summed E-state index contributed by atoms with van der Waals surface area (Å²) in [5, 5.41) is 0. The Labute approximate surface area is 58.9 Å². The van der Waals surface area contributed by atoms with Crippen LogP contribution in [0.2, 0.25) is 0 Å². The summed E-state index contributed by atoms with van der Waals surface area (Å²) in [4.78, 5) is 3.97. The highest BCUT2D eigenvalue weighted by atomic mass is 19.1. The van der Waals surface area contributed by atoms with E-state index < -0.39 is 0 Å². The molecule has 1 nitrogen and oxygen atoms in total. The SMILES string of the molecule is Fc1cccnc1C1CC1. The van der Waals surface area contributed by atoms with E-state index in [1.54, 1.807) is 12.3 Å². The van der Waals surface area contributed by atoms with E-state index in [1.165, 1.54) is 6.07 Å². The first-order chi connectivity index (χ1) is 4.88. The average Bonchev–Trinajstić information content (AvgIpc) is 2.71. The number of aromatic nitrogens is 1. The Bertz CT molecular complexity index is 243. The molecule has 2 heteroatoms. The van der Waals surface area contributed by atoms with Gasteiger partial charge in [0.1, 0.15) is 5.82 Å². The minimum absolute atomic E-state index is 0.148. The van der Waals surface area contributed by atoms with Crippen LogP contribution < -0.4 is 0 Å². The first-order valence-electron chi connectivity index (χ1n) is 3.48. The fourth-order valence-corrected chi connectivity index (χ4v) is 1.06. The molecule has 52 valence electrons. The fourth-order valence-electron chi connectivity index (χ4n) is 1.06. The van der Waals surface area contributed by atoms with Gasteiger partial charge in [0.25, 0.3) is 0 Å². The third kappa shape index (κ3) is 0.897. The van der Waals surface area contributed by atoms with E-state index in [4.69, 9.17) is 0 Å². The monoisotopic (exact) mass is 137 g/mol. The summed E-state index contributed by atoms with van der Waals surface area (Å²) in [5.74, 6) is 0.270. The van der Waals surface area contributed by atoms with Gasteiger partial charge < -0.3 is 0 Å². The molecule has 0 aliphatic heterocycles. The predicted octanol–water partition coefficient (Wildman–Crippen LogP) is 2.10. The molecular weight excluding hydrogens is 129 g/mol. The lowest BCUT2D eigenvalue weighted by Gasteiger charge is -1.95. The van der Waals surface area contributed by atoms with Gasteiger partial charge in [-0.25, -0.2) is 4.39 Å². The molecule has 1 aliphatic rings. The van der Waals surface area contributed by atoms with Gasteiger partial charge >= 0.3 is 0 Å². The van der Waals surface area contributed by atoms with Crippen LogP contribution in [0, 0.1) is 5.82 Å². The number of hydrogen-bond donors (Lipinski definition) is 0. The summed E-state index contributed by atoms with van der Waals surface area (Å²) in [7, 11) is 0. The van der Waals surface area contributed by atoms with Gasteiger partial charge in [0.05, 0.1) is 5.69 Å². The lowest BCUT2D eigenvalue weighted by atomic mass is 10.2. The van der Waals surface area contributed by atoms with E-state index >= 15 is 0 Å². The second kappa shape index (κ2) is 2.04. The Kier molecular flexibility index (Phi) is 1.19. The van der Waals surface area contributed by atoms with Crippen molar-refractivity contribution in [1.82, 2.24) is 4.98 Å². The number of pyridine rings is 1. The van der Waals surface area contributed by atoms with Crippen LogP contribution in [0.4, 0.5) is 4.39 Å². The molecule has 0 bridgehead atoms. The summed E-state index contributed by atoms with van der Waals surface area (Å²) >= 11 is 0.